The Balaban J connectivity index is 1.70. The van der Waals surface area contributed by atoms with Crippen molar-refractivity contribution in [2.24, 2.45) is 0 Å². The molecule has 0 radical (unpaired) electrons. The molecule has 0 amide bonds. The normalized spacial score (nSPS) is 15.6. The zero-order valence-electron chi connectivity index (χ0n) is 14.0. The third-order valence-corrected chi connectivity index (χ3v) is 4.34. The summed E-state index contributed by atoms with van der Waals surface area (Å²) in [5.74, 6) is 0.614. The third-order valence-electron chi connectivity index (χ3n) is 4.34. The highest BCUT2D eigenvalue weighted by Crippen LogP contribution is 2.29. The fraction of sp³-hybridized carbons (Fsp3) is 0.500. The lowest BCUT2D eigenvalue weighted by atomic mass is 10.1. The number of hydrogen-bond donors (Lipinski definition) is 2. The molecule has 1 aliphatic rings. The Labute approximate surface area is 137 Å². The van der Waals surface area contributed by atoms with E-state index in [-0.39, 0.29) is 0 Å². The molecule has 2 heterocycles. The van der Waals surface area contributed by atoms with Crippen molar-refractivity contribution in [3.63, 3.8) is 0 Å². The summed E-state index contributed by atoms with van der Waals surface area (Å²) in [4.78, 5) is 4.58. The van der Waals surface area contributed by atoms with Gasteiger partial charge in [-0.2, -0.15) is 0 Å². The maximum Gasteiger partial charge on any atom is 0.178 e. The van der Waals surface area contributed by atoms with E-state index >= 15 is 0 Å². The predicted octanol–water partition coefficient (Wildman–Crippen LogP) is 2.95. The van der Waals surface area contributed by atoms with Crippen LogP contribution >= 0.6 is 0 Å². The molecule has 3 rings (SSSR count). The number of pyridine rings is 1. The minimum absolute atomic E-state index is 0.363. The van der Waals surface area contributed by atoms with Crippen LogP contribution in [0.3, 0.4) is 0 Å². The van der Waals surface area contributed by atoms with Gasteiger partial charge in [0.1, 0.15) is 5.65 Å². The molecule has 0 spiro atoms. The monoisotopic (exact) mass is 314 g/mol. The molecule has 1 saturated carbocycles. The Morgan fingerprint density at radius 3 is 3.09 bits per heavy atom. The molecule has 0 bridgehead atoms. The summed E-state index contributed by atoms with van der Waals surface area (Å²) < 4.78 is 7.28. The standard InChI is InChI=1S/C18H26N4O/c1-13(21-15-7-8-15)17-12-22(11-5-10-19-14(2)23-3)18-16(17)6-4-9-20-18/h4,6,9,12-13,15,19,21H,2,5,7-8,10-11H2,1,3H3. The Morgan fingerprint density at radius 2 is 2.35 bits per heavy atom. The molecule has 23 heavy (non-hydrogen) atoms. The van der Waals surface area contributed by atoms with Crippen LogP contribution < -0.4 is 10.6 Å². The van der Waals surface area contributed by atoms with Crippen LogP contribution in [0.1, 0.15) is 37.8 Å². The van der Waals surface area contributed by atoms with Crippen LogP contribution in [0.2, 0.25) is 0 Å². The van der Waals surface area contributed by atoms with Gasteiger partial charge in [-0.3, -0.25) is 0 Å². The SMILES string of the molecule is C=C(NCCCn1cc(C(C)NC2CC2)c2cccnc21)OC. The van der Waals surface area contributed by atoms with Gasteiger partial charge in [0.2, 0.25) is 0 Å². The summed E-state index contributed by atoms with van der Waals surface area (Å²) in [7, 11) is 1.62. The van der Waals surface area contributed by atoms with Crippen molar-refractivity contribution in [1.29, 1.82) is 0 Å². The third kappa shape index (κ3) is 3.85. The second-order valence-corrected chi connectivity index (χ2v) is 6.22. The molecule has 124 valence electrons. The number of nitrogens with zero attached hydrogens (tertiary/aromatic N) is 2. The molecule has 1 atom stereocenters. The molecule has 1 aliphatic carbocycles. The van der Waals surface area contributed by atoms with Gasteiger partial charge in [0.15, 0.2) is 5.88 Å². The molecule has 2 N–H and O–H groups in total. The first kappa shape index (κ1) is 15.9. The molecule has 5 heteroatoms. The molecular formula is C18H26N4O. The van der Waals surface area contributed by atoms with Crippen molar-refractivity contribution >= 4 is 11.0 Å². The van der Waals surface area contributed by atoms with E-state index < -0.39 is 0 Å². The van der Waals surface area contributed by atoms with Crippen molar-refractivity contribution in [2.75, 3.05) is 13.7 Å². The lowest BCUT2D eigenvalue weighted by Gasteiger charge is -2.12. The van der Waals surface area contributed by atoms with Crippen molar-refractivity contribution in [3.8, 4) is 0 Å². The van der Waals surface area contributed by atoms with Crippen molar-refractivity contribution in [2.45, 2.75) is 44.8 Å². The zero-order chi connectivity index (χ0) is 16.2. The van der Waals surface area contributed by atoms with Crippen LogP contribution in [0.5, 0.6) is 0 Å². The largest absolute Gasteiger partial charge is 0.483 e. The van der Waals surface area contributed by atoms with Gasteiger partial charge in [0.25, 0.3) is 0 Å². The molecule has 1 unspecified atom stereocenters. The Bertz CT molecular complexity index is 675. The fourth-order valence-corrected chi connectivity index (χ4v) is 2.91. The lowest BCUT2D eigenvalue weighted by molar-refractivity contribution is 0.262. The minimum Gasteiger partial charge on any atom is -0.483 e. The maximum absolute atomic E-state index is 5.02. The molecule has 0 saturated heterocycles. The van der Waals surface area contributed by atoms with Gasteiger partial charge in [-0.15, -0.1) is 0 Å². The lowest BCUT2D eigenvalue weighted by Crippen LogP contribution is -2.20. The molecule has 2 aromatic rings. The first-order valence-electron chi connectivity index (χ1n) is 8.35. The average molecular weight is 314 g/mol. The highest BCUT2D eigenvalue weighted by atomic mass is 16.5. The van der Waals surface area contributed by atoms with E-state index in [1.807, 2.05) is 12.3 Å². The number of nitrogens with one attached hydrogen (secondary N) is 2. The second kappa shape index (κ2) is 7.04. The van der Waals surface area contributed by atoms with Crippen molar-refractivity contribution < 1.29 is 4.74 Å². The fourth-order valence-electron chi connectivity index (χ4n) is 2.91. The van der Waals surface area contributed by atoms with Crippen LogP contribution in [-0.2, 0) is 11.3 Å². The van der Waals surface area contributed by atoms with Crippen molar-refractivity contribution in [3.05, 3.63) is 42.6 Å². The first-order valence-corrected chi connectivity index (χ1v) is 8.35. The molecule has 1 fully saturated rings. The van der Waals surface area contributed by atoms with Crippen LogP contribution in [0.25, 0.3) is 11.0 Å². The summed E-state index contributed by atoms with van der Waals surface area (Å²) in [6, 6.07) is 5.25. The van der Waals surface area contributed by atoms with E-state index in [9.17, 15) is 0 Å². The quantitative estimate of drug-likeness (QED) is 0.552. The zero-order valence-corrected chi connectivity index (χ0v) is 14.0. The van der Waals surface area contributed by atoms with Crippen LogP contribution in [-0.4, -0.2) is 29.2 Å². The van der Waals surface area contributed by atoms with E-state index in [0.29, 0.717) is 18.0 Å². The first-order chi connectivity index (χ1) is 11.2. The Morgan fingerprint density at radius 1 is 1.52 bits per heavy atom. The number of fused-ring (bicyclic) bond motifs is 1. The van der Waals surface area contributed by atoms with E-state index in [4.69, 9.17) is 4.74 Å². The summed E-state index contributed by atoms with van der Waals surface area (Å²) >= 11 is 0. The average Bonchev–Trinajstić information content (AvgIpc) is 3.30. The van der Waals surface area contributed by atoms with Crippen molar-refractivity contribution in [1.82, 2.24) is 20.2 Å². The van der Waals surface area contributed by atoms with Crippen LogP contribution in [0.15, 0.2) is 37.0 Å². The van der Waals surface area contributed by atoms with Gasteiger partial charge >= 0.3 is 0 Å². The smallest absolute Gasteiger partial charge is 0.178 e. The number of ether oxygens (including phenoxy) is 1. The topological polar surface area (TPSA) is 51.1 Å². The van der Waals surface area contributed by atoms with E-state index in [1.54, 1.807) is 7.11 Å². The van der Waals surface area contributed by atoms with E-state index in [2.05, 4.69) is 46.0 Å². The number of aromatic nitrogens is 2. The molecule has 0 aromatic carbocycles. The molecular weight excluding hydrogens is 288 g/mol. The predicted molar refractivity (Wildman–Crippen MR) is 93.1 cm³/mol. The van der Waals surface area contributed by atoms with E-state index in [0.717, 1.165) is 25.2 Å². The van der Waals surface area contributed by atoms with Gasteiger partial charge in [-0.05, 0) is 50.5 Å². The molecule has 5 nitrogen and oxygen atoms in total. The second-order valence-electron chi connectivity index (χ2n) is 6.22. The Kier molecular flexibility index (Phi) is 4.86. The van der Waals surface area contributed by atoms with Gasteiger partial charge in [0, 0.05) is 43.0 Å². The highest BCUT2D eigenvalue weighted by molar-refractivity contribution is 5.80. The number of hydrogen-bond acceptors (Lipinski definition) is 4. The summed E-state index contributed by atoms with van der Waals surface area (Å²) in [5.41, 5.74) is 2.41. The van der Waals surface area contributed by atoms with Gasteiger partial charge in [0.05, 0.1) is 7.11 Å². The van der Waals surface area contributed by atoms with Gasteiger partial charge in [-0.25, -0.2) is 4.98 Å². The Hall–Kier alpha value is -2.01. The molecule has 0 aliphatic heterocycles. The van der Waals surface area contributed by atoms with E-state index in [1.165, 1.54) is 23.8 Å². The molecule has 2 aromatic heterocycles. The van der Waals surface area contributed by atoms with Gasteiger partial charge < -0.3 is 19.9 Å². The number of methoxy groups -OCH3 is 1. The maximum atomic E-state index is 5.02. The van der Waals surface area contributed by atoms with Gasteiger partial charge in [-0.1, -0.05) is 0 Å². The number of rotatable bonds is 9. The number of aryl methyl sites for hydroxylation is 1. The highest BCUT2D eigenvalue weighted by Gasteiger charge is 2.24. The summed E-state index contributed by atoms with van der Waals surface area (Å²) in [6.07, 6.45) is 7.72. The summed E-state index contributed by atoms with van der Waals surface area (Å²) in [6.45, 7) is 7.77. The van der Waals surface area contributed by atoms with Crippen LogP contribution in [0.4, 0.5) is 0 Å². The van der Waals surface area contributed by atoms with Crippen LogP contribution in [0, 0.1) is 0 Å². The summed E-state index contributed by atoms with van der Waals surface area (Å²) in [5, 5.41) is 8.09. The minimum atomic E-state index is 0.363.